The van der Waals surface area contributed by atoms with Crippen molar-refractivity contribution in [1.29, 1.82) is 0 Å². The molecule has 2 heterocycles. The number of amides is 1. The van der Waals surface area contributed by atoms with Crippen LogP contribution < -0.4 is 14.7 Å². The fraction of sp³-hybridized carbons (Fsp3) is 0.238. The zero-order valence-corrected chi connectivity index (χ0v) is 17.7. The highest BCUT2D eigenvalue weighted by molar-refractivity contribution is 7.99. The molecule has 31 heavy (non-hydrogen) atoms. The minimum absolute atomic E-state index is 0.162. The number of aromatic nitrogens is 3. The van der Waals surface area contributed by atoms with Gasteiger partial charge >= 0.3 is 0 Å². The molecule has 1 aliphatic rings. The van der Waals surface area contributed by atoms with E-state index < -0.39 is 17.0 Å². The molecule has 0 spiro atoms. The van der Waals surface area contributed by atoms with E-state index in [4.69, 9.17) is 0 Å². The van der Waals surface area contributed by atoms with Gasteiger partial charge in [-0.25, -0.2) is 9.88 Å². The number of rotatable bonds is 5. The highest BCUT2D eigenvalue weighted by atomic mass is 32.2. The molecule has 4 rings (SSSR count). The highest BCUT2D eigenvalue weighted by Gasteiger charge is 2.46. The van der Waals surface area contributed by atoms with E-state index in [0.717, 1.165) is 6.42 Å². The minimum Gasteiger partial charge on any atom is -0.854 e. The summed E-state index contributed by atoms with van der Waals surface area (Å²) >= 11 is 1.33. The number of carbonyl (C=O) groups is 1. The molecule has 0 N–H and O–H groups in total. The van der Waals surface area contributed by atoms with E-state index in [1.165, 1.54) is 34.3 Å². The molecule has 2 aromatic carbocycles. The lowest BCUT2D eigenvalue weighted by Gasteiger charge is -2.32. The number of benzene rings is 2. The molecule has 0 saturated heterocycles. The number of fused-ring (bicyclic) bond motifs is 3. The van der Waals surface area contributed by atoms with Crippen molar-refractivity contribution in [3.8, 4) is 17.1 Å². The van der Waals surface area contributed by atoms with Crippen LogP contribution in [0.5, 0.6) is 5.88 Å². The molecular formula is C21H19N5O4S. The van der Waals surface area contributed by atoms with E-state index in [1.807, 2.05) is 6.92 Å². The predicted octanol–water partition coefficient (Wildman–Crippen LogP) is 2.83. The molecule has 1 amide bonds. The third-order valence-corrected chi connectivity index (χ3v) is 5.95. The predicted molar refractivity (Wildman–Crippen MR) is 113 cm³/mol. The number of nitrogens with zero attached hydrogens (tertiary/aromatic N) is 5. The molecule has 9 nitrogen and oxygen atoms in total. The van der Waals surface area contributed by atoms with E-state index in [2.05, 4.69) is 10.1 Å². The number of hydrogen-bond acceptors (Lipinski definition) is 7. The maximum absolute atomic E-state index is 13.1. The summed E-state index contributed by atoms with van der Waals surface area (Å²) in [6.07, 6.45) is -0.138. The summed E-state index contributed by atoms with van der Waals surface area (Å²) in [5, 5.41) is 29.6. The zero-order valence-electron chi connectivity index (χ0n) is 16.9. The van der Waals surface area contributed by atoms with Crippen LogP contribution in [0.15, 0.2) is 53.7 Å². The van der Waals surface area contributed by atoms with Gasteiger partial charge in [-0.15, -0.1) is 0 Å². The summed E-state index contributed by atoms with van der Waals surface area (Å²) in [5.74, 6) is -0.113. The summed E-state index contributed by atoms with van der Waals surface area (Å²) in [4.78, 5) is 29.6. The van der Waals surface area contributed by atoms with Crippen molar-refractivity contribution in [1.82, 2.24) is 10.1 Å². The van der Waals surface area contributed by atoms with Gasteiger partial charge in [0.25, 0.3) is 22.7 Å². The molecule has 0 radical (unpaired) electrons. The van der Waals surface area contributed by atoms with Crippen LogP contribution in [0, 0.1) is 10.1 Å². The quantitative estimate of drug-likeness (QED) is 0.261. The van der Waals surface area contributed by atoms with Crippen LogP contribution in [0.1, 0.15) is 32.0 Å². The van der Waals surface area contributed by atoms with Crippen LogP contribution in [0.4, 0.5) is 11.4 Å². The molecule has 1 atom stereocenters. The van der Waals surface area contributed by atoms with Crippen LogP contribution in [0.2, 0.25) is 0 Å². The Labute approximate surface area is 182 Å². The van der Waals surface area contributed by atoms with Crippen molar-refractivity contribution >= 4 is 29.0 Å². The molecule has 0 bridgehead atoms. The SMILES string of the molecule is CCCSc1nc([O-])c2[n+](n1)C(c1ccccc1[N+](=O)[O-])N(C(C)=O)c1ccccc1-2. The number of thioether (sulfide) groups is 1. The van der Waals surface area contributed by atoms with Crippen molar-refractivity contribution < 1.29 is 19.5 Å². The van der Waals surface area contributed by atoms with Gasteiger partial charge < -0.3 is 5.11 Å². The first-order valence-corrected chi connectivity index (χ1v) is 10.7. The van der Waals surface area contributed by atoms with E-state index in [0.29, 0.717) is 17.0 Å². The Morgan fingerprint density at radius 1 is 1.23 bits per heavy atom. The van der Waals surface area contributed by atoms with E-state index in [1.54, 1.807) is 42.5 Å². The Kier molecular flexibility index (Phi) is 5.55. The van der Waals surface area contributed by atoms with Gasteiger partial charge in [0.1, 0.15) is 5.56 Å². The lowest BCUT2D eigenvalue weighted by atomic mass is 10.0. The normalized spacial score (nSPS) is 14.6. The standard InChI is InChI=1S/C21H19N5O4S/c1-3-12-31-21-22-19(28)18-14-8-4-6-10-16(14)24(13(2)27)20(25(18)23-21)15-9-5-7-11-17(15)26(29)30/h4-11,20H,3,12H2,1-2H3. The average molecular weight is 437 g/mol. The number of carbonyl (C=O) groups excluding carboxylic acids is 1. The smallest absolute Gasteiger partial charge is 0.299 e. The highest BCUT2D eigenvalue weighted by Crippen LogP contribution is 2.42. The van der Waals surface area contributed by atoms with Gasteiger partial charge in [-0.3, -0.25) is 14.9 Å². The first-order chi connectivity index (χ1) is 14.9. The van der Waals surface area contributed by atoms with Crippen LogP contribution in [-0.4, -0.2) is 26.7 Å². The minimum atomic E-state index is -0.999. The molecule has 0 fully saturated rings. The molecular weight excluding hydrogens is 418 g/mol. The fourth-order valence-corrected chi connectivity index (χ4v) is 4.36. The largest absolute Gasteiger partial charge is 0.854 e. The van der Waals surface area contributed by atoms with Gasteiger partial charge in [0, 0.05) is 23.8 Å². The molecule has 0 saturated carbocycles. The van der Waals surface area contributed by atoms with Gasteiger partial charge in [-0.2, -0.15) is 0 Å². The first kappa shape index (κ1) is 20.7. The Morgan fingerprint density at radius 3 is 2.65 bits per heavy atom. The van der Waals surface area contributed by atoms with E-state index >= 15 is 0 Å². The summed E-state index contributed by atoms with van der Waals surface area (Å²) < 4.78 is 1.40. The maximum Gasteiger partial charge on any atom is 0.299 e. The van der Waals surface area contributed by atoms with Gasteiger partial charge in [0.15, 0.2) is 0 Å². The molecule has 3 aromatic rings. The lowest BCUT2D eigenvalue weighted by Crippen LogP contribution is -2.58. The Hall–Kier alpha value is -3.53. The second-order valence-electron chi connectivity index (χ2n) is 6.94. The lowest BCUT2D eigenvalue weighted by molar-refractivity contribution is -0.764. The topological polar surface area (TPSA) is 116 Å². The van der Waals surface area contributed by atoms with Crippen molar-refractivity contribution in [3.05, 3.63) is 64.2 Å². The van der Waals surface area contributed by atoms with Crippen molar-refractivity contribution in [2.75, 3.05) is 10.7 Å². The van der Waals surface area contributed by atoms with Crippen LogP contribution in [0.25, 0.3) is 11.3 Å². The summed E-state index contributed by atoms with van der Waals surface area (Å²) in [6.45, 7) is 3.39. The summed E-state index contributed by atoms with van der Waals surface area (Å²) in [5.41, 5.74) is 1.27. The Morgan fingerprint density at radius 2 is 1.94 bits per heavy atom. The number of hydrogen-bond donors (Lipinski definition) is 0. The van der Waals surface area contributed by atoms with E-state index in [-0.39, 0.29) is 28.0 Å². The number of para-hydroxylation sites is 2. The van der Waals surface area contributed by atoms with Crippen LogP contribution >= 0.6 is 11.8 Å². The molecule has 1 aliphatic heterocycles. The average Bonchev–Trinajstić information content (AvgIpc) is 2.76. The number of nitro groups is 1. The second kappa shape index (κ2) is 8.31. The number of anilines is 1. The van der Waals surface area contributed by atoms with Gasteiger partial charge in [-0.05, 0) is 24.6 Å². The molecule has 1 aromatic heterocycles. The fourth-order valence-electron chi connectivity index (χ4n) is 3.68. The number of nitro benzene ring substituents is 1. The van der Waals surface area contributed by atoms with Gasteiger partial charge in [-0.1, -0.05) is 47.6 Å². The van der Waals surface area contributed by atoms with Crippen molar-refractivity contribution in [2.45, 2.75) is 31.6 Å². The third kappa shape index (κ3) is 3.59. The van der Waals surface area contributed by atoms with Gasteiger partial charge in [0.05, 0.1) is 22.1 Å². The molecule has 158 valence electrons. The zero-order chi connectivity index (χ0) is 22.1. The molecule has 10 heteroatoms. The molecule has 1 unspecified atom stereocenters. The second-order valence-corrected chi connectivity index (χ2v) is 8.00. The van der Waals surface area contributed by atoms with Crippen LogP contribution in [-0.2, 0) is 4.79 Å². The summed E-state index contributed by atoms with van der Waals surface area (Å²) in [6, 6.07) is 13.1. The van der Waals surface area contributed by atoms with Crippen LogP contribution in [0.3, 0.4) is 0 Å². The maximum atomic E-state index is 13.1. The van der Waals surface area contributed by atoms with Crippen molar-refractivity contribution in [2.24, 2.45) is 0 Å². The molecule has 0 aliphatic carbocycles. The third-order valence-electron chi connectivity index (χ3n) is 4.90. The first-order valence-electron chi connectivity index (χ1n) is 9.70. The summed E-state index contributed by atoms with van der Waals surface area (Å²) in [7, 11) is 0. The van der Waals surface area contributed by atoms with Gasteiger partial charge in [0.2, 0.25) is 5.91 Å². The Bertz CT molecular complexity index is 1190. The Balaban J connectivity index is 2.06. The van der Waals surface area contributed by atoms with Crippen molar-refractivity contribution in [3.63, 3.8) is 0 Å². The monoisotopic (exact) mass is 437 g/mol. The van der Waals surface area contributed by atoms with E-state index in [9.17, 15) is 20.0 Å².